The molecule has 0 unspecified atom stereocenters. The molecule has 43 heavy (non-hydrogen) atoms. The van der Waals surface area contributed by atoms with Crippen LogP contribution in [0.2, 0.25) is 0 Å². The highest BCUT2D eigenvalue weighted by molar-refractivity contribution is 6.16. The smallest absolute Gasteiger partial charge is 0.138 e. The summed E-state index contributed by atoms with van der Waals surface area (Å²) in [6.07, 6.45) is 3.68. The van der Waals surface area contributed by atoms with Gasteiger partial charge in [0.15, 0.2) is 0 Å². The first-order valence-corrected chi connectivity index (χ1v) is 14.3. The maximum Gasteiger partial charge on any atom is 0.138 e. The van der Waals surface area contributed by atoms with E-state index in [2.05, 4.69) is 108 Å². The minimum Gasteiger partial charge on any atom is -0.290 e. The largest absolute Gasteiger partial charge is 0.290 e. The SMILES string of the molecule is c1ccc(-c2c(-c3ccc(-c4c5ccccc5nc5c4ccc4cccnc45)cc3)nc3ccc4ccccc4n23)nc1. The van der Waals surface area contributed by atoms with Crippen molar-refractivity contribution in [3.63, 3.8) is 0 Å². The lowest BCUT2D eigenvalue weighted by molar-refractivity contribution is 1.22. The van der Waals surface area contributed by atoms with Crippen LogP contribution in [0, 0.1) is 0 Å². The third kappa shape index (κ3) is 3.65. The van der Waals surface area contributed by atoms with Gasteiger partial charge in [-0.25, -0.2) is 9.97 Å². The fourth-order valence-corrected chi connectivity index (χ4v) is 6.33. The fourth-order valence-electron chi connectivity index (χ4n) is 6.33. The van der Waals surface area contributed by atoms with Gasteiger partial charge in [-0.1, -0.05) is 84.9 Å². The molecule has 0 aliphatic heterocycles. The summed E-state index contributed by atoms with van der Waals surface area (Å²) < 4.78 is 2.23. The molecule has 0 aliphatic rings. The number of nitrogens with zero attached hydrogens (tertiary/aromatic N) is 5. The second-order valence-electron chi connectivity index (χ2n) is 10.7. The van der Waals surface area contributed by atoms with Crippen LogP contribution in [0.5, 0.6) is 0 Å². The van der Waals surface area contributed by atoms with E-state index in [9.17, 15) is 0 Å². The maximum atomic E-state index is 5.15. The van der Waals surface area contributed by atoms with Gasteiger partial charge in [0.2, 0.25) is 0 Å². The highest BCUT2D eigenvalue weighted by atomic mass is 15.0. The van der Waals surface area contributed by atoms with Crippen molar-refractivity contribution in [1.82, 2.24) is 24.3 Å². The zero-order valence-corrected chi connectivity index (χ0v) is 23.0. The van der Waals surface area contributed by atoms with Crippen molar-refractivity contribution >= 4 is 49.3 Å². The van der Waals surface area contributed by atoms with Gasteiger partial charge in [-0.3, -0.25) is 14.4 Å². The predicted octanol–water partition coefficient (Wildman–Crippen LogP) is 9.13. The lowest BCUT2D eigenvalue weighted by Gasteiger charge is -2.13. The van der Waals surface area contributed by atoms with Crippen molar-refractivity contribution in [3.05, 3.63) is 140 Å². The Balaban J connectivity index is 1.28. The van der Waals surface area contributed by atoms with E-state index in [1.165, 1.54) is 0 Å². The number of aromatic nitrogens is 5. The molecular formula is C38H23N5. The number of rotatable bonds is 3. The van der Waals surface area contributed by atoms with Gasteiger partial charge < -0.3 is 0 Å². The number of hydrogen-bond acceptors (Lipinski definition) is 4. The molecule has 5 heterocycles. The van der Waals surface area contributed by atoms with Gasteiger partial charge in [-0.15, -0.1) is 0 Å². The number of fused-ring (bicyclic) bond motifs is 7. The monoisotopic (exact) mass is 549 g/mol. The number of hydrogen-bond donors (Lipinski definition) is 0. The molecule has 9 aromatic rings. The van der Waals surface area contributed by atoms with Crippen molar-refractivity contribution in [2.45, 2.75) is 0 Å². The number of para-hydroxylation sites is 2. The van der Waals surface area contributed by atoms with Gasteiger partial charge in [0.05, 0.1) is 39.1 Å². The highest BCUT2D eigenvalue weighted by Crippen LogP contribution is 2.39. The zero-order chi connectivity index (χ0) is 28.3. The van der Waals surface area contributed by atoms with Crippen LogP contribution >= 0.6 is 0 Å². The Morgan fingerprint density at radius 1 is 0.488 bits per heavy atom. The van der Waals surface area contributed by atoms with Crippen molar-refractivity contribution < 1.29 is 0 Å². The first-order valence-electron chi connectivity index (χ1n) is 14.3. The molecule has 0 aliphatic carbocycles. The molecule has 0 bridgehead atoms. The quantitative estimate of drug-likeness (QED) is 0.163. The summed E-state index contributed by atoms with van der Waals surface area (Å²) >= 11 is 0. The fraction of sp³-hybridized carbons (Fsp3) is 0. The highest BCUT2D eigenvalue weighted by Gasteiger charge is 2.20. The van der Waals surface area contributed by atoms with E-state index >= 15 is 0 Å². The van der Waals surface area contributed by atoms with Gasteiger partial charge in [0, 0.05) is 39.7 Å². The van der Waals surface area contributed by atoms with Crippen LogP contribution in [0.4, 0.5) is 0 Å². The summed E-state index contributed by atoms with van der Waals surface area (Å²) in [6.45, 7) is 0. The number of benzene rings is 4. The summed E-state index contributed by atoms with van der Waals surface area (Å²) in [5.74, 6) is 0. The van der Waals surface area contributed by atoms with E-state index in [1.807, 2.05) is 36.7 Å². The van der Waals surface area contributed by atoms with E-state index in [0.29, 0.717) is 0 Å². The molecule has 0 N–H and O–H groups in total. The van der Waals surface area contributed by atoms with Gasteiger partial charge in [0.25, 0.3) is 0 Å². The average molecular weight is 550 g/mol. The van der Waals surface area contributed by atoms with E-state index < -0.39 is 0 Å². The molecule has 200 valence electrons. The Hall–Kier alpha value is -5.94. The van der Waals surface area contributed by atoms with Crippen molar-refractivity contribution in [2.75, 3.05) is 0 Å². The average Bonchev–Trinajstić information content (AvgIpc) is 3.48. The minimum absolute atomic E-state index is 0.885. The van der Waals surface area contributed by atoms with Crippen LogP contribution < -0.4 is 0 Å². The number of imidazole rings is 1. The summed E-state index contributed by atoms with van der Waals surface area (Å²) in [6, 6.07) is 44.1. The molecule has 4 aromatic carbocycles. The van der Waals surface area contributed by atoms with Crippen LogP contribution in [0.15, 0.2) is 140 Å². The van der Waals surface area contributed by atoms with E-state index in [0.717, 1.165) is 83.0 Å². The first kappa shape index (κ1) is 23.7. The molecular weight excluding hydrogens is 526 g/mol. The summed E-state index contributed by atoms with van der Waals surface area (Å²) in [4.78, 5) is 19.7. The van der Waals surface area contributed by atoms with Gasteiger partial charge in [-0.2, -0.15) is 0 Å². The molecule has 0 spiro atoms. The topological polar surface area (TPSA) is 56.0 Å². The second-order valence-corrected chi connectivity index (χ2v) is 10.7. The van der Waals surface area contributed by atoms with Crippen molar-refractivity contribution in [2.24, 2.45) is 0 Å². The molecule has 9 rings (SSSR count). The standard InChI is InChI=1S/C38H23N5/c1-4-13-32-24(8-1)19-21-33-42-36(38(43(32)33)31-12-5-6-22-39-31)27-16-14-25(15-17-27)34-28-10-2-3-11-30(28)41-37-29(34)20-18-26-9-7-23-40-35(26)37/h1-23H. The predicted molar refractivity (Wildman–Crippen MR) is 175 cm³/mol. The molecule has 5 aromatic heterocycles. The molecule has 0 saturated heterocycles. The van der Waals surface area contributed by atoms with Gasteiger partial charge >= 0.3 is 0 Å². The third-order valence-electron chi connectivity index (χ3n) is 8.27. The Bertz CT molecular complexity index is 2500. The van der Waals surface area contributed by atoms with E-state index in [-0.39, 0.29) is 0 Å². The first-order chi connectivity index (χ1) is 21.3. The van der Waals surface area contributed by atoms with Crippen molar-refractivity contribution in [1.29, 1.82) is 0 Å². The minimum atomic E-state index is 0.885. The normalized spacial score (nSPS) is 11.7. The van der Waals surface area contributed by atoms with Gasteiger partial charge in [0.1, 0.15) is 5.65 Å². The van der Waals surface area contributed by atoms with Gasteiger partial charge in [-0.05, 0) is 53.4 Å². The molecule has 0 radical (unpaired) electrons. The molecule has 5 heteroatoms. The molecule has 5 nitrogen and oxygen atoms in total. The Labute approximate surface area is 246 Å². The maximum absolute atomic E-state index is 5.15. The van der Waals surface area contributed by atoms with Crippen molar-refractivity contribution in [3.8, 4) is 33.8 Å². The van der Waals surface area contributed by atoms with Crippen LogP contribution in [0.25, 0.3) is 83.0 Å². The Morgan fingerprint density at radius 3 is 2.16 bits per heavy atom. The summed E-state index contributed by atoms with van der Waals surface area (Å²) in [7, 11) is 0. The van der Waals surface area contributed by atoms with E-state index in [1.54, 1.807) is 0 Å². The Kier molecular flexibility index (Phi) is 5.13. The summed E-state index contributed by atoms with van der Waals surface area (Å²) in [5.41, 5.74) is 10.9. The van der Waals surface area contributed by atoms with E-state index in [4.69, 9.17) is 19.9 Å². The lowest BCUT2D eigenvalue weighted by Crippen LogP contribution is -1.94. The Morgan fingerprint density at radius 2 is 1.26 bits per heavy atom. The van der Waals surface area contributed by atoms with Crippen LogP contribution in [-0.4, -0.2) is 24.3 Å². The lowest BCUT2D eigenvalue weighted by atomic mass is 9.94. The third-order valence-corrected chi connectivity index (χ3v) is 8.27. The summed E-state index contributed by atoms with van der Waals surface area (Å²) in [5, 5.41) is 4.45. The number of pyridine rings is 4. The molecule has 0 atom stereocenters. The van der Waals surface area contributed by atoms with Crippen LogP contribution in [0.3, 0.4) is 0 Å². The van der Waals surface area contributed by atoms with Crippen LogP contribution in [0.1, 0.15) is 0 Å². The molecule has 0 amide bonds. The second kappa shape index (κ2) is 9.29. The molecule has 0 fully saturated rings. The zero-order valence-electron chi connectivity index (χ0n) is 23.0. The molecule has 0 saturated carbocycles. The van der Waals surface area contributed by atoms with Crippen LogP contribution in [-0.2, 0) is 0 Å².